The molecule has 1 heterocycles. The lowest BCUT2D eigenvalue weighted by Gasteiger charge is -2.39. The molecule has 0 radical (unpaired) electrons. The van der Waals surface area contributed by atoms with Crippen LogP contribution in [-0.4, -0.2) is 76.1 Å². The molecule has 0 bridgehead atoms. The number of hydrogen-bond donors (Lipinski definition) is 5. The topological polar surface area (TPSA) is 120 Å². The highest BCUT2D eigenvalue weighted by Crippen LogP contribution is 2.21. The van der Waals surface area contributed by atoms with E-state index in [1.165, 1.54) is 0 Å². The molecule has 0 aromatic heterocycles. The summed E-state index contributed by atoms with van der Waals surface area (Å²) in [5.41, 5.74) is 0. The van der Waals surface area contributed by atoms with Gasteiger partial charge in [-0.2, -0.15) is 0 Å². The molecule has 1 aliphatic heterocycles. The maximum Gasteiger partial charge on any atom is 0.184 e. The molecule has 15 heavy (non-hydrogen) atoms. The Kier molecular flexibility index (Phi) is 4.87. The van der Waals surface area contributed by atoms with Crippen LogP contribution >= 0.6 is 0 Å². The van der Waals surface area contributed by atoms with Gasteiger partial charge in [0.1, 0.15) is 24.4 Å². The van der Waals surface area contributed by atoms with Crippen LogP contribution in [0.15, 0.2) is 0 Å². The first-order chi connectivity index (χ1) is 7.11. The van der Waals surface area contributed by atoms with Gasteiger partial charge in [0.05, 0.1) is 19.8 Å². The Morgan fingerprint density at radius 1 is 1.07 bits per heavy atom. The normalized spacial score (nSPS) is 41.8. The summed E-state index contributed by atoms with van der Waals surface area (Å²) in [5, 5.41) is 45.6. The molecule has 90 valence electrons. The molecule has 0 aliphatic carbocycles. The fourth-order valence-electron chi connectivity index (χ4n) is 1.45. The van der Waals surface area contributed by atoms with Gasteiger partial charge in [-0.1, -0.05) is 0 Å². The van der Waals surface area contributed by atoms with E-state index in [9.17, 15) is 15.3 Å². The summed E-state index contributed by atoms with van der Waals surface area (Å²) in [5.74, 6) is 0. The third-order valence-electron chi connectivity index (χ3n) is 2.24. The first-order valence-corrected chi connectivity index (χ1v) is 4.64. The molecule has 7 nitrogen and oxygen atoms in total. The van der Waals surface area contributed by atoms with Gasteiger partial charge in [0.15, 0.2) is 6.29 Å². The van der Waals surface area contributed by atoms with E-state index >= 15 is 0 Å². The molecule has 1 aliphatic rings. The van der Waals surface area contributed by atoms with E-state index in [1.807, 2.05) is 0 Å². The zero-order valence-electron chi connectivity index (χ0n) is 8.06. The van der Waals surface area contributed by atoms with Crippen molar-refractivity contribution in [3.05, 3.63) is 0 Å². The van der Waals surface area contributed by atoms with Crippen LogP contribution in [0.4, 0.5) is 0 Å². The van der Waals surface area contributed by atoms with Crippen molar-refractivity contribution in [1.29, 1.82) is 0 Å². The van der Waals surface area contributed by atoms with E-state index in [0.717, 1.165) is 0 Å². The molecular weight excluding hydrogens is 208 g/mol. The summed E-state index contributed by atoms with van der Waals surface area (Å²) < 4.78 is 9.69. The zero-order valence-corrected chi connectivity index (χ0v) is 8.06. The van der Waals surface area contributed by atoms with Gasteiger partial charge in [-0.15, -0.1) is 0 Å². The van der Waals surface area contributed by atoms with Crippen molar-refractivity contribution in [3.63, 3.8) is 0 Å². The van der Waals surface area contributed by atoms with Crippen molar-refractivity contribution < 1.29 is 35.0 Å². The van der Waals surface area contributed by atoms with Crippen LogP contribution in [0.25, 0.3) is 0 Å². The van der Waals surface area contributed by atoms with E-state index in [1.54, 1.807) is 0 Å². The van der Waals surface area contributed by atoms with Gasteiger partial charge in [-0.25, -0.2) is 0 Å². The Morgan fingerprint density at radius 2 is 1.73 bits per heavy atom. The second kappa shape index (κ2) is 5.71. The molecule has 7 heteroatoms. The largest absolute Gasteiger partial charge is 0.394 e. The molecule has 0 spiro atoms. The minimum atomic E-state index is -1.52. The predicted octanol–water partition coefficient (Wildman–Crippen LogP) is -3.20. The van der Waals surface area contributed by atoms with Crippen LogP contribution in [0.3, 0.4) is 0 Å². The standard InChI is InChI=1S/C8H16O7/c9-1-2-14-7-5(11)4(3-10)15-8(13)6(7)12/h4-13H,1-3H2/t4-,5-,6-,7+,8?/m1/s1. The van der Waals surface area contributed by atoms with Crippen LogP contribution in [0.5, 0.6) is 0 Å². The lowest BCUT2D eigenvalue weighted by molar-refractivity contribution is -0.294. The SMILES string of the molecule is OCCO[C@H]1[C@H](O)[C@@H](CO)OC(O)[C@@H]1O. The molecule has 1 fully saturated rings. The number of ether oxygens (including phenoxy) is 2. The quantitative estimate of drug-likeness (QED) is 0.341. The average molecular weight is 224 g/mol. The summed E-state index contributed by atoms with van der Waals surface area (Å²) in [6.45, 7) is -0.843. The van der Waals surface area contributed by atoms with Gasteiger partial charge in [0.25, 0.3) is 0 Å². The van der Waals surface area contributed by atoms with Gasteiger partial charge in [-0.3, -0.25) is 0 Å². The van der Waals surface area contributed by atoms with Crippen molar-refractivity contribution >= 4 is 0 Å². The highest BCUT2D eigenvalue weighted by molar-refractivity contribution is 4.89. The highest BCUT2D eigenvalue weighted by Gasteiger charge is 2.44. The van der Waals surface area contributed by atoms with Crippen molar-refractivity contribution in [1.82, 2.24) is 0 Å². The third kappa shape index (κ3) is 2.85. The number of aliphatic hydroxyl groups is 5. The van der Waals surface area contributed by atoms with E-state index in [-0.39, 0.29) is 13.2 Å². The van der Waals surface area contributed by atoms with E-state index < -0.39 is 37.3 Å². The van der Waals surface area contributed by atoms with Crippen LogP contribution < -0.4 is 0 Å². The summed E-state index contributed by atoms with van der Waals surface area (Å²) in [7, 11) is 0. The number of hydrogen-bond acceptors (Lipinski definition) is 7. The van der Waals surface area contributed by atoms with Crippen LogP contribution in [0.2, 0.25) is 0 Å². The molecular formula is C8H16O7. The Balaban J connectivity index is 2.62. The molecule has 0 amide bonds. The number of aliphatic hydroxyl groups excluding tert-OH is 5. The lowest BCUT2D eigenvalue weighted by Crippen LogP contribution is -2.59. The fraction of sp³-hybridized carbons (Fsp3) is 1.00. The van der Waals surface area contributed by atoms with Gasteiger partial charge in [0.2, 0.25) is 0 Å². The highest BCUT2D eigenvalue weighted by atomic mass is 16.6. The first kappa shape index (κ1) is 12.8. The molecule has 5 atom stereocenters. The monoisotopic (exact) mass is 224 g/mol. The Hall–Kier alpha value is -0.280. The second-order valence-corrected chi connectivity index (χ2v) is 3.29. The second-order valence-electron chi connectivity index (χ2n) is 3.29. The first-order valence-electron chi connectivity index (χ1n) is 4.64. The summed E-state index contributed by atoms with van der Waals surface area (Å²) in [6.07, 6.45) is -6.27. The molecule has 5 N–H and O–H groups in total. The predicted molar refractivity (Wildman–Crippen MR) is 46.8 cm³/mol. The Morgan fingerprint density at radius 3 is 2.27 bits per heavy atom. The molecule has 1 unspecified atom stereocenters. The van der Waals surface area contributed by atoms with Crippen molar-refractivity contribution in [2.45, 2.75) is 30.7 Å². The van der Waals surface area contributed by atoms with E-state index in [4.69, 9.17) is 19.7 Å². The smallest absolute Gasteiger partial charge is 0.184 e. The molecule has 0 saturated carbocycles. The van der Waals surface area contributed by atoms with Crippen LogP contribution in [-0.2, 0) is 9.47 Å². The lowest BCUT2D eigenvalue weighted by atomic mass is 9.99. The van der Waals surface area contributed by atoms with Crippen molar-refractivity contribution in [2.75, 3.05) is 19.8 Å². The molecule has 0 aromatic carbocycles. The minimum absolute atomic E-state index is 0.0797. The zero-order chi connectivity index (χ0) is 11.4. The fourth-order valence-corrected chi connectivity index (χ4v) is 1.45. The van der Waals surface area contributed by atoms with Crippen molar-refractivity contribution in [2.24, 2.45) is 0 Å². The Bertz CT molecular complexity index is 188. The number of rotatable bonds is 4. The maximum absolute atomic E-state index is 9.58. The van der Waals surface area contributed by atoms with Gasteiger partial charge >= 0.3 is 0 Å². The van der Waals surface area contributed by atoms with Gasteiger partial charge in [-0.05, 0) is 0 Å². The Labute approximate surface area is 86.5 Å². The summed E-state index contributed by atoms with van der Waals surface area (Å²) >= 11 is 0. The molecule has 0 aromatic rings. The van der Waals surface area contributed by atoms with E-state index in [0.29, 0.717) is 0 Å². The van der Waals surface area contributed by atoms with Crippen molar-refractivity contribution in [3.8, 4) is 0 Å². The van der Waals surface area contributed by atoms with E-state index in [2.05, 4.69) is 0 Å². The van der Waals surface area contributed by atoms with Gasteiger partial charge < -0.3 is 35.0 Å². The average Bonchev–Trinajstić information content (AvgIpc) is 2.23. The molecule has 1 saturated heterocycles. The summed E-state index contributed by atoms with van der Waals surface area (Å²) in [6, 6.07) is 0. The third-order valence-corrected chi connectivity index (χ3v) is 2.24. The van der Waals surface area contributed by atoms with Crippen LogP contribution in [0, 0.1) is 0 Å². The molecule has 1 rings (SSSR count). The summed E-state index contributed by atoms with van der Waals surface area (Å²) in [4.78, 5) is 0. The maximum atomic E-state index is 9.58. The van der Waals surface area contributed by atoms with Gasteiger partial charge in [0, 0.05) is 0 Å². The minimum Gasteiger partial charge on any atom is -0.394 e. The van der Waals surface area contributed by atoms with Crippen LogP contribution in [0.1, 0.15) is 0 Å².